The second-order valence-electron chi connectivity index (χ2n) is 3.93. The largest absolute Gasteiger partial charge is 0.370 e. The summed E-state index contributed by atoms with van der Waals surface area (Å²) in [4.78, 5) is 10.2. The van der Waals surface area contributed by atoms with Crippen molar-refractivity contribution in [2.45, 2.75) is 65.2 Å². The van der Waals surface area contributed by atoms with Crippen LogP contribution in [0.15, 0.2) is 0 Å². The number of hydrogen-bond acceptors (Lipinski definition) is 2. The van der Waals surface area contributed by atoms with Gasteiger partial charge in [-0.3, -0.25) is 4.79 Å². The summed E-state index contributed by atoms with van der Waals surface area (Å²) in [6.07, 6.45) is 3.48. The highest BCUT2D eigenvalue weighted by molar-refractivity contribution is 5.46. The van der Waals surface area contributed by atoms with E-state index in [0.29, 0.717) is 6.10 Å². The minimum absolute atomic E-state index is 0.0654. The molecule has 1 unspecified atom stereocenters. The van der Waals surface area contributed by atoms with Crippen LogP contribution >= 0.6 is 0 Å². The molecule has 1 rings (SSSR count). The van der Waals surface area contributed by atoms with E-state index in [1.807, 2.05) is 34.6 Å². The second kappa shape index (κ2) is 6.02. The molecule has 3 heteroatoms. The second-order valence-corrected chi connectivity index (χ2v) is 3.93. The minimum Gasteiger partial charge on any atom is -0.370 e. The molecule has 3 nitrogen and oxygen atoms in total. The molecule has 0 aromatic rings. The molecule has 0 aliphatic heterocycles. The molecular weight excluding hydrogens is 178 g/mol. The number of hydrogen-bond donors (Lipinski definition) is 1. The third-order valence-electron chi connectivity index (χ3n) is 2.36. The molecule has 1 fully saturated rings. The number of rotatable bonds is 5. The third-order valence-corrected chi connectivity index (χ3v) is 2.36. The quantitative estimate of drug-likeness (QED) is 0.692. The van der Waals surface area contributed by atoms with Crippen molar-refractivity contribution in [2.24, 2.45) is 0 Å². The van der Waals surface area contributed by atoms with Gasteiger partial charge < -0.3 is 10.1 Å². The van der Waals surface area contributed by atoms with Crippen molar-refractivity contribution in [1.29, 1.82) is 0 Å². The lowest BCUT2D eigenvalue weighted by Crippen LogP contribution is -2.46. The van der Waals surface area contributed by atoms with Crippen LogP contribution in [0.25, 0.3) is 0 Å². The Hall–Kier alpha value is -0.570. The highest BCUT2D eigenvalue weighted by Crippen LogP contribution is 2.30. The Morgan fingerprint density at radius 2 is 1.93 bits per heavy atom. The molecule has 1 amide bonds. The highest BCUT2D eigenvalue weighted by atomic mass is 16.5. The normalized spacial score (nSPS) is 17.8. The van der Waals surface area contributed by atoms with Gasteiger partial charge in [0.15, 0.2) is 0 Å². The van der Waals surface area contributed by atoms with E-state index in [4.69, 9.17) is 4.74 Å². The summed E-state index contributed by atoms with van der Waals surface area (Å²) in [6, 6.07) is 0.0654. The van der Waals surface area contributed by atoms with E-state index >= 15 is 0 Å². The first-order valence-electron chi connectivity index (χ1n) is 5.44. The van der Waals surface area contributed by atoms with Crippen LogP contribution in [0.4, 0.5) is 0 Å². The standard InChI is InChI=1S/C9H17NO2.C2H6/c1-7(10-6-11)9(2,3)12-8-4-5-8;1-2/h6-8H,4-5H2,1-3H3,(H,10,11);1-2H3. The van der Waals surface area contributed by atoms with Gasteiger partial charge in [-0.2, -0.15) is 0 Å². The van der Waals surface area contributed by atoms with Crippen molar-refractivity contribution in [3.05, 3.63) is 0 Å². The van der Waals surface area contributed by atoms with Crippen LogP contribution in [-0.2, 0) is 9.53 Å². The molecular formula is C11H23NO2. The van der Waals surface area contributed by atoms with E-state index in [1.165, 1.54) is 0 Å². The van der Waals surface area contributed by atoms with Crippen LogP contribution in [0.1, 0.15) is 47.5 Å². The lowest BCUT2D eigenvalue weighted by molar-refractivity contribution is -0.113. The zero-order chi connectivity index (χ0) is 11.2. The molecule has 1 aliphatic carbocycles. The van der Waals surface area contributed by atoms with E-state index in [1.54, 1.807) is 0 Å². The van der Waals surface area contributed by atoms with Gasteiger partial charge in [-0.05, 0) is 33.6 Å². The predicted molar refractivity (Wildman–Crippen MR) is 58.2 cm³/mol. The van der Waals surface area contributed by atoms with Crippen LogP contribution in [-0.4, -0.2) is 24.2 Å². The Morgan fingerprint density at radius 1 is 1.43 bits per heavy atom. The summed E-state index contributed by atoms with van der Waals surface area (Å²) in [7, 11) is 0. The Kier molecular flexibility index (Phi) is 5.77. The molecule has 14 heavy (non-hydrogen) atoms. The maximum atomic E-state index is 10.2. The van der Waals surface area contributed by atoms with E-state index in [0.717, 1.165) is 19.3 Å². The first kappa shape index (κ1) is 13.4. The molecule has 1 saturated carbocycles. The van der Waals surface area contributed by atoms with Gasteiger partial charge in [-0.15, -0.1) is 0 Å². The first-order valence-corrected chi connectivity index (χ1v) is 5.44. The van der Waals surface area contributed by atoms with Crippen molar-refractivity contribution >= 4 is 6.41 Å². The van der Waals surface area contributed by atoms with Gasteiger partial charge in [0.25, 0.3) is 0 Å². The van der Waals surface area contributed by atoms with E-state index < -0.39 is 0 Å². The van der Waals surface area contributed by atoms with Crippen LogP contribution in [0.3, 0.4) is 0 Å². The Balaban J connectivity index is 0.000000791. The number of carbonyl (C=O) groups excluding carboxylic acids is 1. The van der Waals surface area contributed by atoms with Crippen LogP contribution in [0, 0.1) is 0 Å². The molecule has 0 aromatic carbocycles. The minimum atomic E-state index is -0.248. The fraction of sp³-hybridized carbons (Fsp3) is 0.909. The predicted octanol–water partition coefficient (Wildman–Crippen LogP) is 2.10. The molecule has 1 atom stereocenters. The zero-order valence-electron chi connectivity index (χ0n) is 9.96. The molecule has 0 radical (unpaired) electrons. The summed E-state index contributed by atoms with van der Waals surface area (Å²) in [5, 5.41) is 2.71. The average Bonchev–Trinajstić information content (AvgIpc) is 2.92. The monoisotopic (exact) mass is 201 g/mol. The highest BCUT2D eigenvalue weighted by Gasteiger charge is 2.34. The van der Waals surface area contributed by atoms with Gasteiger partial charge in [-0.25, -0.2) is 0 Å². The fourth-order valence-corrected chi connectivity index (χ4v) is 1.02. The van der Waals surface area contributed by atoms with Crippen molar-refractivity contribution in [2.75, 3.05) is 0 Å². The van der Waals surface area contributed by atoms with Crippen LogP contribution in [0.5, 0.6) is 0 Å². The number of carbonyl (C=O) groups is 1. The molecule has 0 heterocycles. The summed E-state index contributed by atoms with van der Waals surface area (Å²) in [6.45, 7) is 9.97. The molecule has 1 N–H and O–H groups in total. The smallest absolute Gasteiger partial charge is 0.207 e. The van der Waals surface area contributed by atoms with Gasteiger partial charge >= 0.3 is 0 Å². The average molecular weight is 201 g/mol. The van der Waals surface area contributed by atoms with Crippen molar-refractivity contribution < 1.29 is 9.53 Å². The van der Waals surface area contributed by atoms with Crippen molar-refractivity contribution in [1.82, 2.24) is 5.32 Å². The Morgan fingerprint density at radius 3 is 2.29 bits per heavy atom. The SMILES string of the molecule is CC.CC(NC=O)C(C)(C)OC1CC1. The molecule has 0 aromatic heterocycles. The maximum Gasteiger partial charge on any atom is 0.207 e. The van der Waals surface area contributed by atoms with Gasteiger partial charge in [0.2, 0.25) is 6.41 Å². The maximum absolute atomic E-state index is 10.2. The topological polar surface area (TPSA) is 38.3 Å². The first-order chi connectivity index (χ1) is 6.56. The van der Waals surface area contributed by atoms with Crippen LogP contribution < -0.4 is 5.32 Å². The van der Waals surface area contributed by atoms with E-state index in [-0.39, 0.29) is 11.6 Å². The molecule has 0 spiro atoms. The summed E-state index contributed by atoms with van der Waals surface area (Å²) in [5.74, 6) is 0. The fourth-order valence-electron chi connectivity index (χ4n) is 1.02. The lowest BCUT2D eigenvalue weighted by atomic mass is 10.0. The number of amides is 1. The number of ether oxygens (including phenoxy) is 1. The lowest BCUT2D eigenvalue weighted by Gasteiger charge is -2.31. The van der Waals surface area contributed by atoms with Gasteiger partial charge in [-0.1, -0.05) is 13.8 Å². The Labute approximate surface area is 87.2 Å². The summed E-state index contributed by atoms with van der Waals surface area (Å²) >= 11 is 0. The molecule has 0 bridgehead atoms. The molecule has 0 saturated heterocycles. The van der Waals surface area contributed by atoms with Gasteiger partial charge in [0.05, 0.1) is 17.7 Å². The molecule has 1 aliphatic rings. The third kappa shape index (κ3) is 4.61. The summed E-state index contributed by atoms with van der Waals surface area (Å²) < 4.78 is 5.74. The van der Waals surface area contributed by atoms with Gasteiger partial charge in [0, 0.05) is 0 Å². The number of nitrogens with one attached hydrogen (secondary N) is 1. The van der Waals surface area contributed by atoms with E-state index in [9.17, 15) is 4.79 Å². The summed E-state index contributed by atoms with van der Waals surface area (Å²) in [5.41, 5.74) is -0.248. The van der Waals surface area contributed by atoms with Crippen LogP contribution in [0.2, 0.25) is 0 Å². The van der Waals surface area contributed by atoms with Crippen molar-refractivity contribution in [3.8, 4) is 0 Å². The molecule has 84 valence electrons. The zero-order valence-corrected chi connectivity index (χ0v) is 9.96. The van der Waals surface area contributed by atoms with Crippen molar-refractivity contribution in [3.63, 3.8) is 0 Å². The van der Waals surface area contributed by atoms with E-state index in [2.05, 4.69) is 5.32 Å². The van der Waals surface area contributed by atoms with Gasteiger partial charge in [0.1, 0.15) is 0 Å². The Bertz CT molecular complexity index is 165.